The van der Waals surface area contributed by atoms with Crippen LogP contribution >= 0.6 is 0 Å². The van der Waals surface area contributed by atoms with E-state index < -0.39 is 0 Å². The van der Waals surface area contributed by atoms with E-state index in [1.165, 1.54) is 16.7 Å². The molecule has 0 aromatic heterocycles. The summed E-state index contributed by atoms with van der Waals surface area (Å²) in [6.45, 7) is 2.89. The van der Waals surface area contributed by atoms with Crippen LogP contribution in [0.3, 0.4) is 0 Å². The third-order valence-corrected chi connectivity index (χ3v) is 3.12. The minimum absolute atomic E-state index is 0.927. The monoisotopic (exact) mass is 254 g/mol. The zero-order valence-electron chi connectivity index (χ0n) is 11.8. The quantitative estimate of drug-likeness (QED) is 0.852. The molecular formula is C17H22N2. The van der Waals surface area contributed by atoms with Gasteiger partial charge in [0.1, 0.15) is 0 Å². The third kappa shape index (κ3) is 4.51. The second-order valence-electron chi connectivity index (χ2n) is 5.01. The van der Waals surface area contributed by atoms with Crippen molar-refractivity contribution in [2.45, 2.75) is 19.6 Å². The van der Waals surface area contributed by atoms with Gasteiger partial charge in [-0.15, -0.1) is 0 Å². The largest absolute Gasteiger partial charge is 0.316 e. The van der Waals surface area contributed by atoms with Gasteiger partial charge in [-0.3, -0.25) is 4.90 Å². The fourth-order valence-electron chi connectivity index (χ4n) is 2.30. The second kappa shape index (κ2) is 7.07. The van der Waals surface area contributed by atoms with Crippen molar-refractivity contribution in [3.8, 4) is 0 Å². The lowest BCUT2D eigenvalue weighted by atomic mass is 10.1. The first kappa shape index (κ1) is 13.8. The van der Waals surface area contributed by atoms with E-state index in [2.05, 4.69) is 71.9 Å². The van der Waals surface area contributed by atoms with E-state index in [4.69, 9.17) is 0 Å². The van der Waals surface area contributed by atoms with Crippen molar-refractivity contribution in [2.24, 2.45) is 0 Å². The molecule has 2 rings (SSSR count). The van der Waals surface area contributed by atoms with Crippen molar-refractivity contribution in [1.82, 2.24) is 10.2 Å². The number of hydrogen-bond donors (Lipinski definition) is 1. The van der Waals surface area contributed by atoms with Crippen molar-refractivity contribution >= 4 is 0 Å². The standard InChI is InChI=1S/C17H22N2/c1-18-12-16-9-6-10-17(11-16)14-19(2)13-15-7-4-3-5-8-15/h3-11,18H,12-14H2,1-2H3. The van der Waals surface area contributed by atoms with E-state index in [1.807, 2.05) is 7.05 Å². The summed E-state index contributed by atoms with van der Waals surface area (Å²) < 4.78 is 0. The summed E-state index contributed by atoms with van der Waals surface area (Å²) in [5.41, 5.74) is 4.07. The van der Waals surface area contributed by atoms with Crippen LogP contribution in [0.15, 0.2) is 54.6 Å². The lowest BCUT2D eigenvalue weighted by molar-refractivity contribution is 0.319. The van der Waals surface area contributed by atoms with Crippen LogP contribution < -0.4 is 5.32 Å². The first-order valence-electron chi connectivity index (χ1n) is 6.73. The highest BCUT2D eigenvalue weighted by molar-refractivity contribution is 5.23. The Balaban J connectivity index is 1.95. The van der Waals surface area contributed by atoms with Gasteiger partial charge >= 0.3 is 0 Å². The first-order chi connectivity index (χ1) is 9.28. The maximum absolute atomic E-state index is 3.19. The Morgan fingerprint density at radius 2 is 1.47 bits per heavy atom. The highest BCUT2D eigenvalue weighted by atomic mass is 15.1. The van der Waals surface area contributed by atoms with Crippen molar-refractivity contribution in [3.05, 3.63) is 71.3 Å². The Labute approximate surface area is 116 Å². The summed E-state index contributed by atoms with van der Waals surface area (Å²) in [4.78, 5) is 2.34. The minimum atomic E-state index is 0.927. The van der Waals surface area contributed by atoms with Gasteiger partial charge in [0.2, 0.25) is 0 Å². The van der Waals surface area contributed by atoms with Crippen LogP contribution in [-0.2, 0) is 19.6 Å². The fraction of sp³-hybridized carbons (Fsp3) is 0.294. The van der Waals surface area contributed by atoms with Gasteiger partial charge in [0, 0.05) is 19.6 Å². The summed E-state index contributed by atoms with van der Waals surface area (Å²) in [6.07, 6.45) is 0. The molecule has 0 spiro atoms. The van der Waals surface area contributed by atoms with E-state index >= 15 is 0 Å². The summed E-state index contributed by atoms with van der Waals surface area (Å²) in [7, 11) is 4.14. The number of nitrogens with one attached hydrogen (secondary N) is 1. The van der Waals surface area contributed by atoms with Crippen LogP contribution in [0, 0.1) is 0 Å². The molecule has 0 unspecified atom stereocenters. The normalized spacial score (nSPS) is 10.9. The number of hydrogen-bond acceptors (Lipinski definition) is 2. The summed E-state index contributed by atoms with van der Waals surface area (Å²) in [5, 5.41) is 3.19. The van der Waals surface area contributed by atoms with E-state index in [0.29, 0.717) is 0 Å². The molecule has 19 heavy (non-hydrogen) atoms. The molecule has 0 atom stereocenters. The van der Waals surface area contributed by atoms with E-state index in [0.717, 1.165) is 19.6 Å². The van der Waals surface area contributed by atoms with Gasteiger partial charge in [-0.1, -0.05) is 54.6 Å². The van der Waals surface area contributed by atoms with Crippen LogP contribution in [0.1, 0.15) is 16.7 Å². The molecule has 0 aliphatic heterocycles. The van der Waals surface area contributed by atoms with Gasteiger partial charge in [-0.05, 0) is 30.8 Å². The van der Waals surface area contributed by atoms with Gasteiger partial charge in [0.25, 0.3) is 0 Å². The summed E-state index contributed by atoms with van der Waals surface area (Å²) in [6, 6.07) is 19.4. The molecule has 2 heteroatoms. The van der Waals surface area contributed by atoms with E-state index in [-0.39, 0.29) is 0 Å². The average Bonchev–Trinajstić information content (AvgIpc) is 2.40. The molecule has 2 aromatic rings. The molecule has 0 bridgehead atoms. The van der Waals surface area contributed by atoms with E-state index in [9.17, 15) is 0 Å². The topological polar surface area (TPSA) is 15.3 Å². The smallest absolute Gasteiger partial charge is 0.0234 e. The minimum Gasteiger partial charge on any atom is -0.316 e. The maximum Gasteiger partial charge on any atom is 0.0234 e. The Bertz CT molecular complexity index is 494. The highest BCUT2D eigenvalue weighted by Crippen LogP contribution is 2.10. The van der Waals surface area contributed by atoms with Gasteiger partial charge in [-0.2, -0.15) is 0 Å². The Morgan fingerprint density at radius 1 is 0.842 bits per heavy atom. The molecular weight excluding hydrogens is 232 g/mol. The number of rotatable bonds is 6. The van der Waals surface area contributed by atoms with Crippen molar-refractivity contribution < 1.29 is 0 Å². The molecule has 2 aromatic carbocycles. The SMILES string of the molecule is CNCc1cccc(CN(C)Cc2ccccc2)c1. The maximum atomic E-state index is 3.19. The fourth-order valence-corrected chi connectivity index (χ4v) is 2.30. The van der Waals surface area contributed by atoms with Crippen LogP contribution in [-0.4, -0.2) is 19.0 Å². The first-order valence-corrected chi connectivity index (χ1v) is 6.73. The van der Waals surface area contributed by atoms with Gasteiger partial charge in [0.05, 0.1) is 0 Å². The van der Waals surface area contributed by atoms with Crippen LogP contribution in [0.25, 0.3) is 0 Å². The van der Waals surface area contributed by atoms with Crippen molar-refractivity contribution in [1.29, 1.82) is 0 Å². The number of benzene rings is 2. The zero-order chi connectivity index (χ0) is 13.5. The molecule has 1 N–H and O–H groups in total. The molecule has 0 saturated carbocycles. The summed E-state index contributed by atoms with van der Waals surface area (Å²) >= 11 is 0. The molecule has 2 nitrogen and oxygen atoms in total. The van der Waals surface area contributed by atoms with Gasteiger partial charge < -0.3 is 5.32 Å². The second-order valence-corrected chi connectivity index (χ2v) is 5.01. The van der Waals surface area contributed by atoms with Crippen molar-refractivity contribution in [3.63, 3.8) is 0 Å². The lowest BCUT2D eigenvalue weighted by Gasteiger charge is -2.17. The predicted molar refractivity (Wildman–Crippen MR) is 80.8 cm³/mol. The van der Waals surface area contributed by atoms with Crippen LogP contribution in [0.4, 0.5) is 0 Å². The number of nitrogens with zero attached hydrogens (tertiary/aromatic N) is 1. The molecule has 0 amide bonds. The Morgan fingerprint density at radius 3 is 2.21 bits per heavy atom. The molecule has 100 valence electrons. The third-order valence-electron chi connectivity index (χ3n) is 3.12. The predicted octanol–water partition coefficient (Wildman–Crippen LogP) is 3.04. The molecule has 0 heterocycles. The molecule has 0 aliphatic carbocycles. The highest BCUT2D eigenvalue weighted by Gasteiger charge is 2.02. The van der Waals surface area contributed by atoms with Crippen molar-refractivity contribution in [2.75, 3.05) is 14.1 Å². The van der Waals surface area contributed by atoms with Crippen LogP contribution in [0.2, 0.25) is 0 Å². The average molecular weight is 254 g/mol. The van der Waals surface area contributed by atoms with E-state index in [1.54, 1.807) is 0 Å². The van der Waals surface area contributed by atoms with Gasteiger partial charge in [0.15, 0.2) is 0 Å². The van der Waals surface area contributed by atoms with Crippen LogP contribution in [0.5, 0.6) is 0 Å². The Hall–Kier alpha value is -1.64. The van der Waals surface area contributed by atoms with Gasteiger partial charge in [-0.25, -0.2) is 0 Å². The lowest BCUT2D eigenvalue weighted by Crippen LogP contribution is -2.17. The summed E-state index contributed by atoms with van der Waals surface area (Å²) in [5.74, 6) is 0. The molecule has 0 saturated heterocycles. The molecule has 0 aliphatic rings. The Kier molecular flexibility index (Phi) is 5.13. The zero-order valence-corrected chi connectivity index (χ0v) is 11.8. The molecule has 0 radical (unpaired) electrons. The molecule has 0 fully saturated rings.